The molecule has 0 spiro atoms. The highest BCUT2D eigenvalue weighted by Crippen LogP contribution is 2.42. The number of anilines is 2. The number of carbonyl (C=O) groups is 2. The second-order valence-electron chi connectivity index (χ2n) is 13.5. The number of likely N-dealkylation sites (N-methyl/N-ethyl adjacent to an activating group) is 1. The van der Waals surface area contributed by atoms with Crippen molar-refractivity contribution in [1.82, 2.24) is 24.3 Å². The Bertz CT molecular complexity index is 1680. The van der Waals surface area contributed by atoms with Gasteiger partial charge in [0.2, 0.25) is 5.91 Å². The van der Waals surface area contributed by atoms with Gasteiger partial charge in [-0.15, -0.1) is 0 Å². The van der Waals surface area contributed by atoms with Crippen LogP contribution in [0.4, 0.5) is 15.9 Å². The summed E-state index contributed by atoms with van der Waals surface area (Å²) in [6.45, 7) is 8.95. The molecular weight excluding hydrogens is 573 g/mol. The number of ether oxygens (including phenoxy) is 1. The average Bonchev–Trinajstić information content (AvgIpc) is 3.66. The van der Waals surface area contributed by atoms with Gasteiger partial charge in [0, 0.05) is 43.5 Å². The molecule has 0 unspecified atom stereocenters. The van der Waals surface area contributed by atoms with Crippen LogP contribution in [-0.4, -0.2) is 82.5 Å². The second-order valence-corrected chi connectivity index (χ2v) is 13.5. The number of nitrogens with zero attached hydrogens (tertiary/aromatic N) is 6. The smallest absolute Gasteiger partial charge is 0.274 e. The molecule has 2 amide bonds. The number of likely N-dealkylation sites (tertiary alicyclic amines) is 1. The lowest BCUT2D eigenvalue weighted by Crippen LogP contribution is -2.41. The van der Waals surface area contributed by atoms with Gasteiger partial charge >= 0.3 is 0 Å². The Morgan fingerprint density at radius 3 is 2.76 bits per heavy atom. The lowest BCUT2D eigenvalue weighted by Gasteiger charge is -2.31. The van der Waals surface area contributed by atoms with Crippen LogP contribution in [0.5, 0.6) is 5.75 Å². The standard InChI is InChI=1S/C34H42FN7O3/c1-21-25(15-23(35)16-26(21)42-13-12-41-27(33(42)44)14-22-17-34(2,3)18-28(22)41)30-31(32(36)38-20-37-30)45-19-24-8-6-11-40(24)29(43)9-7-10-39(4)5/h7,9,14-16,20,24H,6,8,10-13,17-19H2,1-5H3,(H2,36,37,38)/b9-7+/t24-/m0/s1. The number of hydrogen-bond donors (Lipinski definition) is 1. The summed E-state index contributed by atoms with van der Waals surface area (Å²) >= 11 is 0. The Kier molecular flexibility index (Phi) is 8.15. The van der Waals surface area contributed by atoms with E-state index in [1.165, 1.54) is 29.7 Å². The predicted octanol–water partition coefficient (Wildman–Crippen LogP) is 4.25. The van der Waals surface area contributed by atoms with Crippen molar-refractivity contribution in [1.29, 1.82) is 0 Å². The van der Waals surface area contributed by atoms with Gasteiger partial charge in [-0.1, -0.05) is 19.9 Å². The summed E-state index contributed by atoms with van der Waals surface area (Å²) in [6, 6.07) is 4.67. The van der Waals surface area contributed by atoms with Crippen LogP contribution in [0, 0.1) is 18.2 Å². The van der Waals surface area contributed by atoms with Crippen LogP contribution in [0.3, 0.4) is 0 Å². The third-order valence-corrected chi connectivity index (χ3v) is 9.16. The van der Waals surface area contributed by atoms with Crippen LogP contribution >= 0.6 is 0 Å². The van der Waals surface area contributed by atoms with Gasteiger partial charge in [0.05, 0.1) is 11.7 Å². The Hall–Kier alpha value is -4.25. The number of nitrogens with two attached hydrogens (primary N) is 1. The van der Waals surface area contributed by atoms with E-state index >= 15 is 4.39 Å². The largest absolute Gasteiger partial charge is 0.485 e. The SMILES string of the molecule is Cc1c(-c2ncnc(N)c2OC[C@@H]2CCCN2C(=O)/C=C/CN(C)C)cc(F)cc1N1CCn2c(cc3c2CC(C)(C)C3)C1=O. The topological polar surface area (TPSA) is 110 Å². The number of hydrogen-bond acceptors (Lipinski definition) is 7. The van der Waals surface area contributed by atoms with Gasteiger partial charge in [-0.2, -0.15) is 0 Å². The molecule has 1 aliphatic carbocycles. The lowest BCUT2D eigenvalue weighted by atomic mass is 9.90. The van der Waals surface area contributed by atoms with Gasteiger partial charge in [-0.3, -0.25) is 9.59 Å². The molecule has 0 radical (unpaired) electrons. The summed E-state index contributed by atoms with van der Waals surface area (Å²) in [5, 5.41) is 0. The molecule has 238 valence electrons. The zero-order valence-corrected chi connectivity index (χ0v) is 26.8. The van der Waals surface area contributed by atoms with Gasteiger partial charge in [0.15, 0.2) is 11.6 Å². The van der Waals surface area contributed by atoms with Crippen molar-refractivity contribution >= 4 is 23.3 Å². The number of rotatable bonds is 8. The van der Waals surface area contributed by atoms with Crippen LogP contribution in [0.2, 0.25) is 0 Å². The van der Waals surface area contributed by atoms with Crippen LogP contribution in [-0.2, 0) is 24.2 Å². The number of benzene rings is 1. The van der Waals surface area contributed by atoms with Crippen LogP contribution in [0.25, 0.3) is 11.3 Å². The highest BCUT2D eigenvalue weighted by Gasteiger charge is 2.37. The van der Waals surface area contributed by atoms with Gasteiger partial charge in [-0.25, -0.2) is 14.4 Å². The summed E-state index contributed by atoms with van der Waals surface area (Å²) in [5.74, 6) is -0.340. The molecule has 6 rings (SSSR count). The fourth-order valence-electron chi connectivity index (χ4n) is 6.99. The molecule has 3 aromatic rings. The Morgan fingerprint density at radius 2 is 1.98 bits per heavy atom. The summed E-state index contributed by atoms with van der Waals surface area (Å²) in [6.07, 6.45) is 8.32. The van der Waals surface area contributed by atoms with E-state index < -0.39 is 5.82 Å². The maximum absolute atomic E-state index is 15.3. The van der Waals surface area contributed by atoms with Crippen molar-refractivity contribution in [2.75, 3.05) is 51.0 Å². The van der Waals surface area contributed by atoms with E-state index in [0.717, 1.165) is 25.7 Å². The Balaban J connectivity index is 1.26. The van der Waals surface area contributed by atoms with Crippen LogP contribution in [0.1, 0.15) is 54.0 Å². The molecule has 1 saturated heterocycles. The maximum atomic E-state index is 15.3. The molecule has 1 atom stereocenters. The zero-order valence-electron chi connectivity index (χ0n) is 26.8. The van der Waals surface area contributed by atoms with Gasteiger partial charge < -0.3 is 29.7 Å². The fourth-order valence-corrected chi connectivity index (χ4v) is 6.99. The molecule has 10 nitrogen and oxygen atoms in total. The van der Waals surface area contributed by atoms with Crippen molar-refractivity contribution < 1.29 is 18.7 Å². The van der Waals surface area contributed by atoms with Gasteiger partial charge in [-0.05, 0) is 81.4 Å². The molecule has 1 fully saturated rings. The number of halogens is 1. The highest BCUT2D eigenvalue weighted by atomic mass is 19.1. The quantitative estimate of drug-likeness (QED) is 0.378. The average molecular weight is 616 g/mol. The maximum Gasteiger partial charge on any atom is 0.274 e. The number of nitrogen functional groups attached to an aromatic ring is 1. The van der Waals surface area contributed by atoms with E-state index in [2.05, 4.69) is 28.4 Å². The van der Waals surface area contributed by atoms with E-state index in [4.69, 9.17) is 10.5 Å². The summed E-state index contributed by atoms with van der Waals surface area (Å²) < 4.78 is 23.7. The lowest BCUT2D eigenvalue weighted by molar-refractivity contribution is -0.127. The van der Waals surface area contributed by atoms with Gasteiger partial charge in [0.25, 0.3) is 5.91 Å². The second kappa shape index (κ2) is 11.9. The van der Waals surface area contributed by atoms with E-state index in [-0.39, 0.29) is 41.4 Å². The summed E-state index contributed by atoms with van der Waals surface area (Å²) in [7, 11) is 3.89. The van der Waals surface area contributed by atoms with E-state index in [9.17, 15) is 9.59 Å². The molecule has 11 heteroatoms. The molecular formula is C34H42FN7O3. The number of carbonyl (C=O) groups excluding carboxylic acids is 2. The van der Waals surface area contributed by atoms with Crippen LogP contribution < -0.4 is 15.4 Å². The monoisotopic (exact) mass is 615 g/mol. The van der Waals surface area contributed by atoms with Crippen molar-refractivity contribution in [3.8, 4) is 17.0 Å². The minimum atomic E-state index is -0.496. The highest BCUT2D eigenvalue weighted by molar-refractivity contribution is 6.07. The normalized spacial score (nSPS) is 19.1. The molecule has 1 aromatic carbocycles. The van der Waals surface area contributed by atoms with E-state index in [0.29, 0.717) is 54.4 Å². The molecule has 45 heavy (non-hydrogen) atoms. The van der Waals surface area contributed by atoms with Gasteiger partial charge in [0.1, 0.15) is 30.1 Å². The molecule has 2 aliphatic heterocycles. The van der Waals surface area contributed by atoms with Crippen LogP contribution in [0.15, 0.2) is 36.7 Å². The molecule has 0 saturated carbocycles. The van der Waals surface area contributed by atoms with Crippen molar-refractivity contribution in [2.24, 2.45) is 5.41 Å². The fraction of sp³-hybridized carbons (Fsp3) is 0.471. The first-order chi connectivity index (χ1) is 21.4. The van der Waals surface area contributed by atoms with E-state index in [1.807, 2.05) is 43.0 Å². The first-order valence-corrected chi connectivity index (χ1v) is 15.6. The zero-order chi connectivity index (χ0) is 32.0. The molecule has 4 heterocycles. The molecule has 0 bridgehead atoms. The third-order valence-electron chi connectivity index (χ3n) is 9.16. The van der Waals surface area contributed by atoms with Crippen molar-refractivity contribution in [3.05, 3.63) is 65.0 Å². The van der Waals surface area contributed by atoms with E-state index in [1.54, 1.807) is 11.0 Å². The van der Waals surface area contributed by atoms with Crippen molar-refractivity contribution in [2.45, 2.75) is 59.0 Å². The third kappa shape index (κ3) is 5.93. The Labute approximate surface area is 263 Å². The minimum Gasteiger partial charge on any atom is -0.485 e. The minimum absolute atomic E-state index is 0.0580. The molecule has 3 aliphatic rings. The number of fused-ring (bicyclic) bond motifs is 3. The molecule has 2 aromatic heterocycles. The Morgan fingerprint density at radius 1 is 1.18 bits per heavy atom. The first kappa shape index (κ1) is 30.8. The molecule has 2 N–H and O–H groups in total. The number of amides is 2. The summed E-state index contributed by atoms with van der Waals surface area (Å²) in [4.78, 5) is 40.8. The van der Waals surface area contributed by atoms with Crippen molar-refractivity contribution in [3.63, 3.8) is 0 Å². The summed E-state index contributed by atoms with van der Waals surface area (Å²) in [5.41, 5.74) is 11.6. The first-order valence-electron chi connectivity index (χ1n) is 15.6. The predicted molar refractivity (Wildman–Crippen MR) is 172 cm³/mol. The number of aromatic nitrogens is 3.